The number of carbonyl (C=O) groups is 1. The van der Waals surface area contributed by atoms with Crippen molar-refractivity contribution in [3.8, 4) is 0 Å². The summed E-state index contributed by atoms with van der Waals surface area (Å²) in [5, 5.41) is 9.04. The number of aromatic nitrogens is 1. The predicted molar refractivity (Wildman–Crippen MR) is 107 cm³/mol. The van der Waals surface area contributed by atoms with Crippen molar-refractivity contribution in [2.75, 3.05) is 31.1 Å². The highest BCUT2D eigenvalue weighted by atomic mass is 32.2. The number of alkyl halides is 3. The monoisotopic (exact) mass is 457 g/mol. The molecule has 7 nitrogen and oxygen atoms in total. The van der Waals surface area contributed by atoms with Crippen molar-refractivity contribution in [2.45, 2.75) is 30.8 Å². The van der Waals surface area contributed by atoms with Gasteiger partial charge in [-0.15, -0.1) is 0 Å². The van der Waals surface area contributed by atoms with E-state index >= 15 is 0 Å². The first kappa shape index (κ1) is 23.0. The van der Waals surface area contributed by atoms with Gasteiger partial charge in [-0.25, -0.2) is 13.4 Å². The summed E-state index contributed by atoms with van der Waals surface area (Å²) in [5.41, 5.74) is 0.286. The second-order valence-electron chi connectivity index (χ2n) is 7.30. The minimum Gasteiger partial charge on any atom is -0.481 e. The molecule has 1 N–H and O–H groups in total. The Kier molecular flexibility index (Phi) is 6.56. The van der Waals surface area contributed by atoms with Gasteiger partial charge in [-0.2, -0.15) is 17.5 Å². The van der Waals surface area contributed by atoms with Crippen LogP contribution in [0.1, 0.15) is 23.1 Å². The van der Waals surface area contributed by atoms with Crippen LogP contribution in [0.2, 0.25) is 0 Å². The Labute approximate surface area is 178 Å². The summed E-state index contributed by atoms with van der Waals surface area (Å²) < 4.78 is 66.5. The number of carboxylic acid groups (broad SMARTS) is 1. The molecule has 0 bridgehead atoms. The van der Waals surface area contributed by atoms with Crippen molar-refractivity contribution >= 4 is 21.8 Å². The standard InChI is InChI=1S/C20H22F3N3O4S/c1-14-3-4-17(11-15(14)12-19(27)28)31(29,30)26-8-2-7-25(9-10-26)18-13-16(5-6-24-18)20(21,22)23/h3-6,11,13H,2,7-10,12H2,1H3,(H,27,28). The number of carboxylic acids is 1. The molecule has 1 aliphatic rings. The smallest absolute Gasteiger partial charge is 0.416 e. The molecule has 0 aliphatic carbocycles. The Hall–Kier alpha value is -2.66. The minimum absolute atomic E-state index is 0.00000576. The number of benzene rings is 1. The van der Waals surface area contributed by atoms with Gasteiger partial charge in [0.2, 0.25) is 10.0 Å². The molecule has 0 atom stereocenters. The average molecular weight is 457 g/mol. The number of sulfonamides is 1. The lowest BCUT2D eigenvalue weighted by Gasteiger charge is -2.23. The van der Waals surface area contributed by atoms with Gasteiger partial charge in [0.1, 0.15) is 5.82 Å². The van der Waals surface area contributed by atoms with E-state index in [9.17, 15) is 26.4 Å². The first-order valence-corrected chi connectivity index (χ1v) is 11.0. The van der Waals surface area contributed by atoms with Gasteiger partial charge in [-0.3, -0.25) is 4.79 Å². The third-order valence-electron chi connectivity index (χ3n) is 5.15. The fourth-order valence-corrected chi connectivity index (χ4v) is 4.96. The molecule has 3 rings (SSSR count). The van der Waals surface area contributed by atoms with Crippen LogP contribution in [-0.4, -0.2) is 55.0 Å². The average Bonchev–Trinajstić information content (AvgIpc) is 2.95. The number of hydrogen-bond donors (Lipinski definition) is 1. The van der Waals surface area contributed by atoms with Gasteiger partial charge in [-0.1, -0.05) is 6.07 Å². The van der Waals surface area contributed by atoms with Crippen molar-refractivity contribution in [3.05, 3.63) is 53.2 Å². The fourth-order valence-electron chi connectivity index (χ4n) is 3.44. The zero-order valence-electron chi connectivity index (χ0n) is 16.8. The number of pyridine rings is 1. The first-order chi connectivity index (χ1) is 14.5. The van der Waals surface area contributed by atoms with E-state index in [0.717, 1.165) is 18.3 Å². The number of aryl methyl sites for hydroxylation is 1. The molecule has 1 aromatic carbocycles. The number of hydrogen-bond acceptors (Lipinski definition) is 5. The maximum absolute atomic E-state index is 13.1. The summed E-state index contributed by atoms with van der Waals surface area (Å²) in [6, 6.07) is 6.23. The molecule has 1 aliphatic heterocycles. The lowest BCUT2D eigenvalue weighted by Crippen LogP contribution is -2.35. The number of rotatable bonds is 5. The molecule has 31 heavy (non-hydrogen) atoms. The number of anilines is 1. The third-order valence-corrected chi connectivity index (χ3v) is 7.05. The van der Waals surface area contributed by atoms with Crippen LogP contribution < -0.4 is 4.90 Å². The van der Waals surface area contributed by atoms with Gasteiger partial charge < -0.3 is 10.0 Å². The second kappa shape index (κ2) is 8.83. The molecule has 1 aromatic heterocycles. The molecule has 0 radical (unpaired) electrons. The summed E-state index contributed by atoms with van der Waals surface area (Å²) in [4.78, 5) is 16.7. The van der Waals surface area contributed by atoms with Gasteiger partial charge in [0, 0.05) is 32.4 Å². The summed E-state index contributed by atoms with van der Waals surface area (Å²) in [7, 11) is -3.88. The highest BCUT2D eigenvalue weighted by molar-refractivity contribution is 7.89. The van der Waals surface area contributed by atoms with Gasteiger partial charge in [-0.05, 0) is 48.7 Å². The first-order valence-electron chi connectivity index (χ1n) is 9.58. The Morgan fingerprint density at radius 2 is 1.87 bits per heavy atom. The number of nitrogens with zero attached hydrogens (tertiary/aromatic N) is 3. The summed E-state index contributed by atoms with van der Waals surface area (Å²) in [5.74, 6) is -0.912. The van der Waals surface area contributed by atoms with Crippen LogP contribution in [0.15, 0.2) is 41.4 Å². The zero-order chi connectivity index (χ0) is 22.8. The van der Waals surface area contributed by atoms with Crippen molar-refractivity contribution in [1.82, 2.24) is 9.29 Å². The van der Waals surface area contributed by atoms with Gasteiger partial charge in [0.25, 0.3) is 0 Å². The number of halogens is 3. The molecule has 1 saturated heterocycles. The molecular weight excluding hydrogens is 435 g/mol. The molecule has 1 fully saturated rings. The van der Waals surface area contributed by atoms with Crippen LogP contribution >= 0.6 is 0 Å². The Morgan fingerprint density at radius 3 is 2.55 bits per heavy atom. The van der Waals surface area contributed by atoms with Gasteiger partial charge >= 0.3 is 12.1 Å². The topological polar surface area (TPSA) is 90.8 Å². The van der Waals surface area contributed by atoms with Crippen LogP contribution in [0.25, 0.3) is 0 Å². The molecule has 168 valence electrons. The molecular formula is C20H22F3N3O4S. The third kappa shape index (κ3) is 5.34. The lowest BCUT2D eigenvalue weighted by atomic mass is 10.1. The highest BCUT2D eigenvalue weighted by Crippen LogP contribution is 2.31. The van der Waals surface area contributed by atoms with Crippen molar-refractivity contribution in [3.63, 3.8) is 0 Å². The molecule has 2 aromatic rings. The van der Waals surface area contributed by atoms with E-state index in [0.29, 0.717) is 24.1 Å². The van der Waals surface area contributed by atoms with E-state index in [4.69, 9.17) is 5.11 Å². The summed E-state index contributed by atoms with van der Waals surface area (Å²) in [6.07, 6.45) is -3.28. The largest absolute Gasteiger partial charge is 0.481 e. The normalized spacial score (nSPS) is 16.2. The van der Waals surface area contributed by atoms with Gasteiger partial charge in [0.15, 0.2) is 0 Å². The minimum atomic E-state index is -4.49. The van der Waals surface area contributed by atoms with E-state index in [1.807, 2.05) is 0 Å². The fraction of sp³-hybridized carbons (Fsp3) is 0.400. The van der Waals surface area contributed by atoms with E-state index < -0.39 is 27.7 Å². The second-order valence-corrected chi connectivity index (χ2v) is 9.24. The van der Waals surface area contributed by atoms with Crippen molar-refractivity contribution in [2.24, 2.45) is 0 Å². The van der Waals surface area contributed by atoms with Crippen molar-refractivity contribution in [1.29, 1.82) is 0 Å². The molecule has 2 heterocycles. The van der Waals surface area contributed by atoms with Gasteiger partial charge in [0.05, 0.1) is 16.9 Å². The molecule has 0 spiro atoms. The van der Waals surface area contributed by atoms with Crippen molar-refractivity contribution < 1.29 is 31.5 Å². The van der Waals surface area contributed by atoms with Crippen LogP contribution in [0.3, 0.4) is 0 Å². The van der Waals surface area contributed by atoms with Crippen LogP contribution in [-0.2, 0) is 27.4 Å². The number of aliphatic carboxylic acids is 1. The Morgan fingerprint density at radius 1 is 1.13 bits per heavy atom. The molecule has 0 saturated carbocycles. The summed E-state index contributed by atoms with van der Waals surface area (Å²) in [6.45, 7) is 2.52. The SMILES string of the molecule is Cc1ccc(S(=O)(=O)N2CCCN(c3cc(C(F)(F)F)ccn3)CC2)cc1CC(=O)O. The van der Waals surface area contributed by atoms with Crippen LogP contribution in [0.4, 0.5) is 19.0 Å². The lowest BCUT2D eigenvalue weighted by molar-refractivity contribution is -0.138. The maximum Gasteiger partial charge on any atom is 0.416 e. The van der Waals surface area contributed by atoms with E-state index in [2.05, 4.69) is 4.98 Å². The van der Waals surface area contributed by atoms with E-state index in [-0.39, 0.29) is 36.8 Å². The van der Waals surface area contributed by atoms with E-state index in [1.165, 1.54) is 16.4 Å². The maximum atomic E-state index is 13.1. The predicted octanol–water partition coefficient (Wildman–Crippen LogP) is 2.94. The van der Waals surface area contributed by atoms with Crippen LogP contribution in [0.5, 0.6) is 0 Å². The molecule has 11 heteroatoms. The summed E-state index contributed by atoms with van der Waals surface area (Å²) >= 11 is 0. The highest BCUT2D eigenvalue weighted by Gasteiger charge is 2.32. The quantitative estimate of drug-likeness (QED) is 0.743. The Balaban J connectivity index is 1.80. The molecule has 0 unspecified atom stereocenters. The van der Waals surface area contributed by atoms with Crippen LogP contribution in [0, 0.1) is 6.92 Å². The Bertz CT molecular complexity index is 1070. The zero-order valence-corrected chi connectivity index (χ0v) is 17.6. The van der Waals surface area contributed by atoms with E-state index in [1.54, 1.807) is 17.9 Å². The molecule has 0 amide bonds.